The van der Waals surface area contributed by atoms with Crippen LogP contribution in [0.5, 0.6) is 0 Å². The molecule has 0 unspecified atom stereocenters. The number of piperidine rings is 1. The number of aryl methyl sites for hydroxylation is 1. The van der Waals surface area contributed by atoms with E-state index in [4.69, 9.17) is 8.92 Å². The van der Waals surface area contributed by atoms with Gasteiger partial charge in [0, 0.05) is 19.5 Å². The normalized spacial score (nSPS) is 16.9. The lowest BCUT2D eigenvalue weighted by atomic mass is 9.89. The molecule has 8 heteroatoms. The summed E-state index contributed by atoms with van der Waals surface area (Å²) in [5, 5.41) is 10.6. The number of carbonyl (C=O) groups excluding carboxylic acids is 1. The molecule has 1 aliphatic rings. The number of carbonyl (C=O) groups is 1. The number of benzene rings is 1. The van der Waals surface area contributed by atoms with Gasteiger partial charge in [-0.3, -0.25) is 4.18 Å². The number of hydrogen-bond donors (Lipinski definition) is 1. The number of nitrogens with zero attached hydrogens (tertiary/aromatic N) is 1. The summed E-state index contributed by atoms with van der Waals surface area (Å²) in [7, 11) is -3.84. The first kappa shape index (κ1) is 21.7. The fourth-order valence-electron chi connectivity index (χ4n) is 2.86. The number of likely N-dealkylation sites (tertiary alicyclic amines) is 1. The van der Waals surface area contributed by atoms with Crippen LogP contribution < -0.4 is 0 Å². The van der Waals surface area contributed by atoms with Gasteiger partial charge in [-0.25, -0.2) is 4.79 Å². The Hall–Kier alpha value is -1.64. The molecule has 0 bridgehead atoms. The van der Waals surface area contributed by atoms with E-state index in [1.807, 2.05) is 13.8 Å². The average Bonchev–Trinajstić information content (AvgIpc) is 2.62. The third-order valence-corrected chi connectivity index (χ3v) is 6.12. The number of rotatable bonds is 8. The van der Waals surface area contributed by atoms with Crippen LogP contribution in [-0.2, 0) is 19.0 Å². The Bertz CT molecular complexity index is 708. The summed E-state index contributed by atoms with van der Waals surface area (Å²) < 4.78 is 34.6. The Morgan fingerprint density at radius 2 is 1.81 bits per heavy atom. The summed E-state index contributed by atoms with van der Waals surface area (Å²) in [6, 6.07) is 6.42. The van der Waals surface area contributed by atoms with Crippen LogP contribution in [0, 0.1) is 6.92 Å². The van der Waals surface area contributed by atoms with Crippen molar-refractivity contribution in [2.45, 2.75) is 56.4 Å². The van der Waals surface area contributed by atoms with E-state index in [1.54, 1.807) is 17.0 Å². The molecule has 2 rings (SSSR count). The lowest BCUT2D eigenvalue weighted by Crippen LogP contribution is -2.47. The zero-order valence-electron chi connectivity index (χ0n) is 16.0. The Kier molecular flexibility index (Phi) is 7.64. The van der Waals surface area contributed by atoms with Gasteiger partial charge in [0.15, 0.2) is 0 Å². The molecule has 152 valence electrons. The molecule has 1 aromatic carbocycles. The zero-order valence-corrected chi connectivity index (χ0v) is 16.8. The largest absolute Gasteiger partial charge is 0.449 e. The lowest BCUT2D eigenvalue weighted by Gasteiger charge is -2.37. The summed E-state index contributed by atoms with van der Waals surface area (Å²) in [6.07, 6.45) is 2.35. The SMILES string of the molecule is CCCCOC(=O)N1CCC(O)(CCOS(=O)(=O)c2ccc(C)cc2)CC1. The van der Waals surface area contributed by atoms with Crippen molar-refractivity contribution in [3.8, 4) is 0 Å². The molecule has 7 nitrogen and oxygen atoms in total. The van der Waals surface area contributed by atoms with Crippen molar-refractivity contribution < 1.29 is 27.2 Å². The Labute approximate surface area is 161 Å². The maximum atomic E-state index is 12.2. The Morgan fingerprint density at radius 3 is 2.41 bits per heavy atom. The van der Waals surface area contributed by atoms with Gasteiger partial charge in [-0.15, -0.1) is 0 Å². The van der Waals surface area contributed by atoms with Gasteiger partial charge in [0.1, 0.15) is 0 Å². The van der Waals surface area contributed by atoms with Crippen molar-refractivity contribution in [2.75, 3.05) is 26.3 Å². The van der Waals surface area contributed by atoms with E-state index in [2.05, 4.69) is 0 Å². The highest BCUT2D eigenvalue weighted by Gasteiger charge is 2.34. The van der Waals surface area contributed by atoms with Gasteiger partial charge in [-0.1, -0.05) is 31.0 Å². The molecular formula is C19H29NO6S. The van der Waals surface area contributed by atoms with E-state index in [0.29, 0.717) is 32.5 Å². The summed E-state index contributed by atoms with van der Waals surface area (Å²) in [5.41, 5.74) is -0.0774. The molecule has 1 N–H and O–H groups in total. The molecule has 0 radical (unpaired) electrons. The highest BCUT2D eigenvalue weighted by atomic mass is 32.2. The molecule has 0 aromatic heterocycles. The predicted molar refractivity (Wildman–Crippen MR) is 101 cm³/mol. The van der Waals surface area contributed by atoms with Gasteiger partial charge < -0.3 is 14.7 Å². The summed E-state index contributed by atoms with van der Waals surface area (Å²) in [6.45, 7) is 4.96. The van der Waals surface area contributed by atoms with Crippen LogP contribution >= 0.6 is 0 Å². The number of amides is 1. The van der Waals surface area contributed by atoms with Gasteiger partial charge in [-0.05, 0) is 38.3 Å². The van der Waals surface area contributed by atoms with Crippen LogP contribution in [0.25, 0.3) is 0 Å². The summed E-state index contributed by atoms with van der Waals surface area (Å²) in [4.78, 5) is 13.6. The van der Waals surface area contributed by atoms with Crippen LogP contribution in [-0.4, -0.2) is 56.4 Å². The van der Waals surface area contributed by atoms with Crippen molar-refractivity contribution >= 4 is 16.2 Å². The van der Waals surface area contributed by atoms with Crippen molar-refractivity contribution in [2.24, 2.45) is 0 Å². The fourth-order valence-corrected chi connectivity index (χ4v) is 3.77. The van der Waals surface area contributed by atoms with E-state index in [1.165, 1.54) is 12.1 Å². The summed E-state index contributed by atoms with van der Waals surface area (Å²) in [5.74, 6) is 0. The molecule has 1 saturated heterocycles. The first-order valence-corrected chi connectivity index (χ1v) is 10.8. The fraction of sp³-hybridized carbons (Fsp3) is 0.632. The quantitative estimate of drug-likeness (QED) is 0.534. The molecular weight excluding hydrogens is 370 g/mol. The van der Waals surface area contributed by atoms with Gasteiger partial charge in [0.2, 0.25) is 0 Å². The third kappa shape index (κ3) is 6.48. The number of aliphatic hydroxyl groups is 1. The molecule has 1 heterocycles. The molecule has 0 spiro atoms. The van der Waals surface area contributed by atoms with Gasteiger partial charge in [0.05, 0.1) is 23.7 Å². The Morgan fingerprint density at radius 1 is 1.19 bits per heavy atom. The van der Waals surface area contributed by atoms with Crippen molar-refractivity contribution in [1.82, 2.24) is 4.90 Å². The van der Waals surface area contributed by atoms with Crippen LogP contribution in [0.4, 0.5) is 4.79 Å². The van der Waals surface area contributed by atoms with E-state index in [9.17, 15) is 18.3 Å². The van der Waals surface area contributed by atoms with Crippen LogP contribution in [0.2, 0.25) is 0 Å². The van der Waals surface area contributed by atoms with E-state index in [-0.39, 0.29) is 24.0 Å². The molecule has 1 fully saturated rings. The second-order valence-corrected chi connectivity index (χ2v) is 8.63. The molecule has 1 aliphatic heterocycles. The minimum absolute atomic E-state index is 0.102. The van der Waals surface area contributed by atoms with E-state index < -0.39 is 15.7 Å². The van der Waals surface area contributed by atoms with E-state index >= 15 is 0 Å². The molecule has 1 amide bonds. The molecule has 1 aromatic rings. The number of unbranched alkanes of at least 4 members (excludes halogenated alkanes) is 1. The smallest absolute Gasteiger partial charge is 0.409 e. The van der Waals surface area contributed by atoms with Crippen LogP contribution in [0.15, 0.2) is 29.2 Å². The van der Waals surface area contributed by atoms with Crippen molar-refractivity contribution in [1.29, 1.82) is 0 Å². The summed E-state index contributed by atoms with van der Waals surface area (Å²) >= 11 is 0. The molecule has 27 heavy (non-hydrogen) atoms. The molecule has 0 atom stereocenters. The van der Waals surface area contributed by atoms with Crippen LogP contribution in [0.3, 0.4) is 0 Å². The average molecular weight is 400 g/mol. The Balaban J connectivity index is 1.78. The number of hydrogen-bond acceptors (Lipinski definition) is 6. The predicted octanol–water partition coefficient (Wildman–Crippen LogP) is 2.85. The van der Waals surface area contributed by atoms with Gasteiger partial charge in [-0.2, -0.15) is 8.42 Å². The molecule has 0 aliphatic carbocycles. The van der Waals surface area contributed by atoms with Gasteiger partial charge >= 0.3 is 6.09 Å². The highest BCUT2D eigenvalue weighted by molar-refractivity contribution is 7.86. The number of ether oxygens (including phenoxy) is 1. The van der Waals surface area contributed by atoms with E-state index in [0.717, 1.165) is 18.4 Å². The van der Waals surface area contributed by atoms with Crippen molar-refractivity contribution in [3.05, 3.63) is 29.8 Å². The topological polar surface area (TPSA) is 93.1 Å². The zero-order chi connectivity index (χ0) is 19.9. The molecule has 0 saturated carbocycles. The minimum atomic E-state index is -3.84. The minimum Gasteiger partial charge on any atom is -0.449 e. The van der Waals surface area contributed by atoms with Crippen molar-refractivity contribution in [3.63, 3.8) is 0 Å². The lowest BCUT2D eigenvalue weighted by molar-refractivity contribution is -0.0332. The first-order chi connectivity index (χ1) is 12.8. The second-order valence-electron chi connectivity index (χ2n) is 7.02. The standard InChI is InChI=1S/C19H29NO6S/c1-3-4-14-25-18(21)20-12-9-19(22,10-13-20)11-15-26-27(23,24)17-7-5-16(2)6-8-17/h5-8,22H,3-4,9-15H2,1-2H3. The van der Waals surface area contributed by atoms with Gasteiger partial charge in [0.25, 0.3) is 10.1 Å². The third-order valence-electron chi connectivity index (χ3n) is 4.79. The maximum absolute atomic E-state index is 12.2. The van der Waals surface area contributed by atoms with Crippen LogP contribution in [0.1, 0.15) is 44.6 Å². The second kappa shape index (κ2) is 9.52. The maximum Gasteiger partial charge on any atom is 0.409 e. The monoisotopic (exact) mass is 399 g/mol. The highest BCUT2D eigenvalue weighted by Crippen LogP contribution is 2.27. The first-order valence-electron chi connectivity index (χ1n) is 9.36.